The molecule has 0 unspecified atom stereocenters. The smallest absolute Gasteiger partial charge is 0.166 e. The molecule has 1 aromatic rings. The van der Waals surface area contributed by atoms with Crippen molar-refractivity contribution < 1.29 is 9.53 Å². The maximum absolute atomic E-state index is 12.4. The van der Waals surface area contributed by atoms with Crippen LogP contribution in [0.5, 0.6) is 5.75 Å². The first-order valence-electron chi connectivity index (χ1n) is 8.20. The van der Waals surface area contributed by atoms with Crippen LogP contribution in [0.15, 0.2) is 16.6 Å². The van der Waals surface area contributed by atoms with Crippen LogP contribution in [-0.4, -0.2) is 12.4 Å². The highest BCUT2D eigenvalue weighted by molar-refractivity contribution is 9.10. The van der Waals surface area contributed by atoms with Crippen molar-refractivity contribution in [1.82, 2.24) is 0 Å². The van der Waals surface area contributed by atoms with Gasteiger partial charge in [0.2, 0.25) is 0 Å². The summed E-state index contributed by atoms with van der Waals surface area (Å²) in [6.07, 6.45) is 10.2. The lowest BCUT2D eigenvalue weighted by Crippen LogP contribution is -2.02. The lowest BCUT2D eigenvalue weighted by molar-refractivity contribution is 0.0976. The Morgan fingerprint density at radius 2 is 1.86 bits per heavy atom. The second-order valence-corrected chi connectivity index (χ2v) is 6.75. The van der Waals surface area contributed by atoms with Crippen molar-refractivity contribution in [3.05, 3.63) is 27.7 Å². The quantitative estimate of drug-likeness (QED) is 0.420. The number of ketones is 1. The van der Waals surface area contributed by atoms with Gasteiger partial charge in [-0.05, 0) is 24.1 Å². The largest absolute Gasteiger partial charge is 0.492 e. The van der Waals surface area contributed by atoms with Gasteiger partial charge in [0.05, 0.1) is 12.2 Å². The lowest BCUT2D eigenvalue weighted by atomic mass is 10.00. The Balaban J connectivity index is 1.79. The van der Waals surface area contributed by atoms with Gasteiger partial charge in [0, 0.05) is 17.3 Å². The van der Waals surface area contributed by atoms with E-state index in [1.54, 1.807) is 0 Å². The van der Waals surface area contributed by atoms with Crippen LogP contribution in [-0.2, 0) is 6.42 Å². The molecular formula is C18H25BrO2. The van der Waals surface area contributed by atoms with E-state index in [1.807, 2.05) is 6.07 Å². The Hall–Kier alpha value is -0.830. The van der Waals surface area contributed by atoms with Gasteiger partial charge in [-0.3, -0.25) is 4.79 Å². The van der Waals surface area contributed by atoms with Crippen molar-refractivity contribution in [2.45, 2.75) is 64.7 Å². The molecule has 0 aromatic heterocycles. The van der Waals surface area contributed by atoms with Gasteiger partial charge in [0.15, 0.2) is 5.78 Å². The topological polar surface area (TPSA) is 26.3 Å². The summed E-state index contributed by atoms with van der Waals surface area (Å²) in [5, 5.41) is 0. The molecule has 1 aromatic carbocycles. The molecule has 1 heterocycles. The maximum atomic E-state index is 12.4. The first kappa shape index (κ1) is 16.5. The van der Waals surface area contributed by atoms with Crippen molar-refractivity contribution >= 4 is 21.7 Å². The fraction of sp³-hybridized carbons (Fsp3) is 0.611. The van der Waals surface area contributed by atoms with Gasteiger partial charge in [-0.15, -0.1) is 0 Å². The average molecular weight is 353 g/mol. The monoisotopic (exact) mass is 352 g/mol. The predicted molar refractivity (Wildman–Crippen MR) is 90.3 cm³/mol. The second-order valence-electron chi connectivity index (χ2n) is 5.83. The molecule has 0 atom stereocenters. The number of Topliss-reactive ketones (excluding diaryl/α,β-unsaturated/α-hetero) is 1. The van der Waals surface area contributed by atoms with Gasteiger partial charge in [-0.25, -0.2) is 0 Å². The third-order valence-electron chi connectivity index (χ3n) is 4.06. The van der Waals surface area contributed by atoms with E-state index < -0.39 is 0 Å². The lowest BCUT2D eigenvalue weighted by Gasteiger charge is -2.08. The maximum Gasteiger partial charge on any atom is 0.166 e. The molecule has 2 rings (SSSR count). The number of unbranched alkanes of at least 4 members (excludes halogenated alkanes) is 6. The van der Waals surface area contributed by atoms with E-state index in [1.165, 1.54) is 32.1 Å². The van der Waals surface area contributed by atoms with Crippen LogP contribution in [0.4, 0.5) is 0 Å². The normalized spacial score (nSPS) is 13.0. The number of hydrogen-bond donors (Lipinski definition) is 0. The Labute approximate surface area is 136 Å². The molecule has 116 valence electrons. The Morgan fingerprint density at radius 1 is 1.14 bits per heavy atom. The van der Waals surface area contributed by atoms with E-state index in [-0.39, 0.29) is 5.78 Å². The molecule has 3 heteroatoms. The summed E-state index contributed by atoms with van der Waals surface area (Å²) < 4.78 is 6.62. The molecule has 1 aliphatic rings. The van der Waals surface area contributed by atoms with E-state index >= 15 is 0 Å². The van der Waals surface area contributed by atoms with Crippen LogP contribution < -0.4 is 4.74 Å². The fourth-order valence-corrected chi connectivity index (χ4v) is 3.36. The van der Waals surface area contributed by atoms with Gasteiger partial charge in [-0.1, -0.05) is 61.4 Å². The third kappa shape index (κ3) is 4.84. The number of fused-ring (bicyclic) bond motifs is 1. The zero-order valence-electron chi connectivity index (χ0n) is 12.9. The zero-order chi connectivity index (χ0) is 15.1. The van der Waals surface area contributed by atoms with Crippen molar-refractivity contribution in [3.63, 3.8) is 0 Å². The van der Waals surface area contributed by atoms with Crippen molar-refractivity contribution in [2.24, 2.45) is 0 Å². The van der Waals surface area contributed by atoms with Crippen LogP contribution in [0.3, 0.4) is 0 Å². The number of halogens is 1. The fourth-order valence-electron chi connectivity index (χ4n) is 2.85. The number of benzene rings is 1. The molecule has 0 radical (unpaired) electrons. The van der Waals surface area contributed by atoms with E-state index in [2.05, 4.69) is 28.9 Å². The zero-order valence-corrected chi connectivity index (χ0v) is 14.5. The van der Waals surface area contributed by atoms with Crippen molar-refractivity contribution in [2.75, 3.05) is 6.61 Å². The van der Waals surface area contributed by atoms with E-state index in [0.29, 0.717) is 13.0 Å². The summed E-state index contributed by atoms with van der Waals surface area (Å²) >= 11 is 3.49. The predicted octanol–water partition coefficient (Wildman–Crippen LogP) is 5.71. The minimum absolute atomic E-state index is 0.225. The van der Waals surface area contributed by atoms with E-state index in [0.717, 1.165) is 40.6 Å². The Bertz CT molecular complexity index is 482. The van der Waals surface area contributed by atoms with Gasteiger partial charge in [-0.2, -0.15) is 0 Å². The molecular weight excluding hydrogens is 328 g/mol. The summed E-state index contributed by atoms with van der Waals surface area (Å²) in [4.78, 5) is 12.4. The molecule has 0 amide bonds. The highest BCUT2D eigenvalue weighted by Gasteiger charge is 2.21. The van der Waals surface area contributed by atoms with E-state index in [4.69, 9.17) is 4.74 Å². The molecule has 0 spiro atoms. The van der Waals surface area contributed by atoms with Crippen LogP contribution >= 0.6 is 15.9 Å². The molecule has 0 fully saturated rings. The van der Waals surface area contributed by atoms with Crippen LogP contribution in [0, 0.1) is 0 Å². The highest BCUT2D eigenvalue weighted by atomic mass is 79.9. The van der Waals surface area contributed by atoms with Crippen LogP contribution in [0.25, 0.3) is 0 Å². The Kier molecular flexibility index (Phi) is 6.75. The minimum atomic E-state index is 0.225. The SMILES string of the molecule is CCCCCCCCCC(=O)c1cc(Br)cc2c1OCC2. The third-order valence-corrected chi connectivity index (χ3v) is 4.51. The first-order valence-corrected chi connectivity index (χ1v) is 9.00. The molecule has 2 nitrogen and oxygen atoms in total. The summed E-state index contributed by atoms with van der Waals surface area (Å²) in [5.74, 6) is 1.05. The summed E-state index contributed by atoms with van der Waals surface area (Å²) in [6, 6.07) is 3.97. The molecule has 0 bridgehead atoms. The molecule has 0 aliphatic carbocycles. The summed E-state index contributed by atoms with van der Waals surface area (Å²) in [6.45, 7) is 2.93. The van der Waals surface area contributed by atoms with E-state index in [9.17, 15) is 4.79 Å². The highest BCUT2D eigenvalue weighted by Crippen LogP contribution is 2.34. The summed E-state index contributed by atoms with van der Waals surface area (Å²) in [5.41, 5.74) is 1.93. The van der Waals surface area contributed by atoms with Crippen LogP contribution in [0.1, 0.15) is 74.2 Å². The van der Waals surface area contributed by atoms with Gasteiger partial charge in [0.1, 0.15) is 5.75 Å². The molecule has 0 saturated carbocycles. The number of carbonyl (C=O) groups is 1. The number of hydrogen-bond acceptors (Lipinski definition) is 2. The van der Waals surface area contributed by atoms with Crippen LogP contribution in [0.2, 0.25) is 0 Å². The second kappa shape index (κ2) is 8.57. The van der Waals surface area contributed by atoms with Gasteiger partial charge < -0.3 is 4.74 Å². The number of ether oxygens (including phenoxy) is 1. The van der Waals surface area contributed by atoms with Crippen molar-refractivity contribution in [1.29, 1.82) is 0 Å². The average Bonchev–Trinajstić information content (AvgIpc) is 2.93. The molecule has 0 N–H and O–H groups in total. The molecule has 21 heavy (non-hydrogen) atoms. The molecule has 1 aliphatic heterocycles. The first-order chi connectivity index (χ1) is 10.2. The molecule has 0 saturated heterocycles. The minimum Gasteiger partial charge on any atom is -0.492 e. The number of carbonyl (C=O) groups excluding carboxylic acids is 1. The standard InChI is InChI=1S/C18H25BrO2/c1-2-3-4-5-6-7-8-9-17(20)16-13-15(19)12-14-10-11-21-18(14)16/h12-13H,2-11H2,1H3. The number of rotatable bonds is 9. The van der Waals surface area contributed by atoms with Gasteiger partial charge in [0.25, 0.3) is 0 Å². The summed E-state index contributed by atoms with van der Waals surface area (Å²) in [7, 11) is 0. The van der Waals surface area contributed by atoms with Crippen molar-refractivity contribution in [3.8, 4) is 5.75 Å². The Morgan fingerprint density at radius 3 is 2.62 bits per heavy atom. The van der Waals surface area contributed by atoms with Gasteiger partial charge >= 0.3 is 0 Å².